The van der Waals surface area contributed by atoms with E-state index in [1.165, 1.54) is 5.56 Å². The minimum absolute atomic E-state index is 0.209. The largest absolute Gasteiger partial charge is 0.396 e. The summed E-state index contributed by atoms with van der Waals surface area (Å²) in [6.45, 7) is 0.882. The van der Waals surface area contributed by atoms with Crippen LogP contribution >= 0.6 is 23.1 Å². The number of thiophene rings is 1. The highest BCUT2D eigenvalue weighted by Gasteiger charge is 2.01. The lowest BCUT2D eigenvalue weighted by Crippen LogP contribution is -2.00. The van der Waals surface area contributed by atoms with E-state index >= 15 is 0 Å². The monoisotopic (exact) mass is 305 g/mol. The summed E-state index contributed by atoms with van der Waals surface area (Å²) in [4.78, 5) is 5.39. The first-order chi connectivity index (χ1) is 9.81. The third-order valence-electron chi connectivity index (χ3n) is 2.56. The fourth-order valence-corrected chi connectivity index (χ4v) is 3.06. The molecule has 0 unspecified atom stereocenters. The lowest BCUT2D eigenvalue weighted by Gasteiger charge is -2.06. The number of pyridine rings is 1. The molecule has 0 amide bonds. The number of thioether (sulfide) groups is 1. The van der Waals surface area contributed by atoms with Crippen molar-refractivity contribution in [3.8, 4) is 6.07 Å². The average Bonchev–Trinajstić information content (AvgIpc) is 2.94. The molecule has 2 N–H and O–H groups in total. The van der Waals surface area contributed by atoms with Gasteiger partial charge in [0, 0.05) is 28.0 Å². The molecule has 104 valence electrons. The summed E-state index contributed by atoms with van der Waals surface area (Å²) in [5.74, 6) is 2.45. The highest BCUT2D eigenvalue weighted by atomic mass is 32.2. The highest BCUT2D eigenvalue weighted by Crippen LogP contribution is 2.17. The zero-order valence-corrected chi connectivity index (χ0v) is 12.5. The fraction of sp³-hybridized carbons (Fsp3) is 0.286. The Morgan fingerprint density at radius 2 is 2.35 bits per heavy atom. The van der Waals surface area contributed by atoms with E-state index in [4.69, 9.17) is 10.4 Å². The molecular formula is C14H15N3OS2. The van der Waals surface area contributed by atoms with Gasteiger partial charge in [-0.2, -0.15) is 17.0 Å². The van der Waals surface area contributed by atoms with Gasteiger partial charge in [-0.05, 0) is 23.8 Å². The molecule has 20 heavy (non-hydrogen) atoms. The van der Waals surface area contributed by atoms with Crippen LogP contribution in [-0.4, -0.2) is 22.5 Å². The standard InChI is InChI=1S/C14H15N3OS2/c15-7-12-5-13(20-10-12)8-17-14-6-11(1-2-16-14)9-19-4-3-18/h1-2,5-6,10,18H,3-4,8-9H2,(H,16,17). The number of aliphatic hydroxyl groups excluding tert-OH is 1. The maximum Gasteiger partial charge on any atom is 0.126 e. The van der Waals surface area contributed by atoms with Crippen LogP contribution in [0, 0.1) is 11.3 Å². The van der Waals surface area contributed by atoms with Gasteiger partial charge in [0.1, 0.15) is 11.9 Å². The number of hydrogen-bond acceptors (Lipinski definition) is 6. The topological polar surface area (TPSA) is 68.9 Å². The van der Waals surface area contributed by atoms with Crippen LogP contribution in [0.4, 0.5) is 5.82 Å². The minimum atomic E-state index is 0.209. The van der Waals surface area contributed by atoms with Gasteiger partial charge in [0.05, 0.1) is 18.7 Å². The van der Waals surface area contributed by atoms with E-state index in [-0.39, 0.29) is 6.61 Å². The molecule has 0 saturated heterocycles. The second-order valence-corrected chi connectivity index (χ2v) is 6.19. The van der Waals surface area contributed by atoms with E-state index in [2.05, 4.69) is 16.4 Å². The second kappa shape index (κ2) is 7.90. The molecule has 0 aliphatic carbocycles. The Balaban J connectivity index is 1.89. The molecule has 0 radical (unpaired) electrons. The van der Waals surface area contributed by atoms with Crippen molar-refractivity contribution < 1.29 is 5.11 Å². The van der Waals surface area contributed by atoms with Crippen LogP contribution in [0.5, 0.6) is 0 Å². The van der Waals surface area contributed by atoms with E-state index in [9.17, 15) is 0 Å². The molecule has 0 aliphatic heterocycles. The molecule has 2 rings (SSSR count). The first-order valence-corrected chi connectivity index (χ1v) is 8.20. The molecule has 0 aliphatic rings. The summed E-state index contributed by atoms with van der Waals surface area (Å²) in [6, 6.07) is 8.01. The molecule has 2 aromatic rings. The average molecular weight is 305 g/mol. The van der Waals surface area contributed by atoms with Crippen molar-refractivity contribution in [2.75, 3.05) is 17.7 Å². The number of anilines is 1. The van der Waals surface area contributed by atoms with Crippen molar-refractivity contribution >= 4 is 28.9 Å². The molecule has 0 atom stereocenters. The van der Waals surface area contributed by atoms with E-state index in [1.807, 2.05) is 23.6 Å². The van der Waals surface area contributed by atoms with E-state index < -0.39 is 0 Å². The lowest BCUT2D eigenvalue weighted by molar-refractivity contribution is 0.322. The normalized spacial score (nSPS) is 10.2. The number of aliphatic hydroxyl groups is 1. The summed E-state index contributed by atoms with van der Waals surface area (Å²) in [7, 11) is 0. The zero-order valence-electron chi connectivity index (χ0n) is 10.9. The number of rotatable bonds is 7. The minimum Gasteiger partial charge on any atom is -0.396 e. The quantitative estimate of drug-likeness (QED) is 0.770. The Hall–Kier alpha value is -1.55. The van der Waals surface area contributed by atoms with Gasteiger partial charge in [0.2, 0.25) is 0 Å². The van der Waals surface area contributed by atoms with Gasteiger partial charge in [-0.1, -0.05) is 0 Å². The van der Waals surface area contributed by atoms with Gasteiger partial charge >= 0.3 is 0 Å². The van der Waals surface area contributed by atoms with Crippen LogP contribution in [0.15, 0.2) is 29.8 Å². The van der Waals surface area contributed by atoms with Crippen molar-refractivity contribution in [3.63, 3.8) is 0 Å². The first kappa shape index (κ1) is 14.9. The predicted molar refractivity (Wildman–Crippen MR) is 83.8 cm³/mol. The number of hydrogen-bond donors (Lipinski definition) is 2. The Labute approximate surface area is 126 Å². The molecule has 0 spiro atoms. The van der Waals surface area contributed by atoms with Crippen LogP contribution in [0.25, 0.3) is 0 Å². The van der Waals surface area contributed by atoms with Gasteiger partial charge in [0.15, 0.2) is 0 Å². The summed E-state index contributed by atoms with van der Waals surface area (Å²) in [6.07, 6.45) is 1.78. The van der Waals surface area contributed by atoms with Gasteiger partial charge in [-0.15, -0.1) is 11.3 Å². The van der Waals surface area contributed by atoms with Gasteiger partial charge in [-0.3, -0.25) is 0 Å². The fourth-order valence-electron chi connectivity index (χ4n) is 1.62. The summed E-state index contributed by atoms with van der Waals surface area (Å²) in [5.41, 5.74) is 1.89. The zero-order chi connectivity index (χ0) is 14.2. The van der Waals surface area contributed by atoms with Crippen molar-refractivity contribution in [3.05, 3.63) is 45.8 Å². The van der Waals surface area contributed by atoms with Gasteiger partial charge in [-0.25, -0.2) is 4.98 Å². The molecule has 4 nitrogen and oxygen atoms in total. The highest BCUT2D eigenvalue weighted by molar-refractivity contribution is 7.98. The molecule has 0 bridgehead atoms. The number of nitriles is 1. The Bertz CT molecular complexity index is 592. The van der Waals surface area contributed by atoms with E-state index in [1.54, 1.807) is 29.3 Å². The molecule has 6 heteroatoms. The van der Waals surface area contributed by atoms with Crippen LogP contribution < -0.4 is 5.32 Å². The number of nitrogens with one attached hydrogen (secondary N) is 1. The number of nitrogens with zero attached hydrogens (tertiary/aromatic N) is 2. The summed E-state index contributed by atoms with van der Waals surface area (Å²) in [5, 5.41) is 22.7. The summed E-state index contributed by atoms with van der Waals surface area (Å²) >= 11 is 3.27. The van der Waals surface area contributed by atoms with Crippen LogP contribution in [0.3, 0.4) is 0 Å². The third-order valence-corrected chi connectivity index (χ3v) is 4.50. The van der Waals surface area contributed by atoms with Crippen LogP contribution in [0.2, 0.25) is 0 Å². The Morgan fingerprint density at radius 1 is 1.45 bits per heavy atom. The molecule has 0 saturated carbocycles. The molecule has 0 aromatic carbocycles. The van der Waals surface area contributed by atoms with Crippen molar-refractivity contribution in [2.45, 2.75) is 12.3 Å². The Kier molecular flexibility index (Phi) is 5.87. The van der Waals surface area contributed by atoms with Crippen molar-refractivity contribution in [2.24, 2.45) is 0 Å². The van der Waals surface area contributed by atoms with Crippen molar-refractivity contribution in [1.29, 1.82) is 5.26 Å². The lowest BCUT2D eigenvalue weighted by atomic mass is 10.3. The SMILES string of the molecule is N#Cc1csc(CNc2cc(CSCCO)ccn2)c1. The maximum absolute atomic E-state index is 8.78. The number of aromatic nitrogens is 1. The first-order valence-electron chi connectivity index (χ1n) is 6.16. The molecule has 2 heterocycles. The third kappa shape index (κ3) is 4.53. The Morgan fingerprint density at radius 3 is 3.10 bits per heavy atom. The van der Waals surface area contributed by atoms with Crippen LogP contribution in [-0.2, 0) is 12.3 Å². The van der Waals surface area contributed by atoms with Gasteiger partial charge < -0.3 is 10.4 Å². The predicted octanol–water partition coefficient (Wildman–Crippen LogP) is 2.85. The summed E-state index contributed by atoms with van der Waals surface area (Å²) < 4.78 is 0. The maximum atomic E-state index is 8.78. The van der Waals surface area contributed by atoms with E-state index in [0.29, 0.717) is 12.1 Å². The van der Waals surface area contributed by atoms with Gasteiger partial charge in [0.25, 0.3) is 0 Å². The molecular weight excluding hydrogens is 290 g/mol. The van der Waals surface area contributed by atoms with Crippen LogP contribution in [0.1, 0.15) is 16.0 Å². The van der Waals surface area contributed by atoms with E-state index in [0.717, 1.165) is 22.2 Å². The van der Waals surface area contributed by atoms with Crippen molar-refractivity contribution in [1.82, 2.24) is 4.98 Å². The molecule has 0 fully saturated rings. The molecule has 2 aromatic heterocycles. The smallest absolute Gasteiger partial charge is 0.126 e. The second-order valence-electron chi connectivity index (χ2n) is 4.09.